The highest BCUT2D eigenvalue weighted by Gasteiger charge is 2.33. The highest BCUT2D eigenvalue weighted by atomic mass is 16.2. The quantitative estimate of drug-likeness (QED) is 0.689. The first-order valence-electron chi connectivity index (χ1n) is 6.43. The lowest BCUT2D eigenvalue weighted by Gasteiger charge is -2.45. The summed E-state index contributed by atoms with van der Waals surface area (Å²) >= 11 is 0. The van der Waals surface area contributed by atoms with Crippen LogP contribution in [0.25, 0.3) is 0 Å². The van der Waals surface area contributed by atoms with Crippen LogP contribution in [0.3, 0.4) is 0 Å². The standard InChI is InChI=1S/C14H26N2O/c1-7-13(17)16-10-12(9-8-11(16)2)15(6)14(3,4)5/h7,11-12H,1,8-10H2,2-6H3/t11-,12-/m0/s1. The Bertz CT molecular complexity index is 293. The molecule has 3 nitrogen and oxygen atoms in total. The molecule has 17 heavy (non-hydrogen) atoms. The molecule has 0 N–H and O–H groups in total. The molecule has 3 heteroatoms. The SMILES string of the molecule is C=CC(=O)N1C[C@@H](N(C)C(C)(C)C)CC[C@@H]1C. The lowest BCUT2D eigenvalue weighted by atomic mass is 9.94. The van der Waals surface area contributed by atoms with Gasteiger partial charge in [0.25, 0.3) is 0 Å². The van der Waals surface area contributed by atoms with Crippen LogP contribution in [0.4, 0.5) is 0 Å². The van der Waals surface area contributed by atoms with Gasteiger partial charge in [-0.2, -0.15) is 0 Å². The molecule has 2 atom stereocenters. The molecule has 0 saturated carbocycles. The van der Waals surface area contributed by atoms with Crippen molar-refractivity contribution in [1.29, 1.82) is 0 Å². The average molecular weight is 238 g/mol. The number of piperidine rings is 1. The van der Waals surface area contributed by atoms with Crippen LogP contribution in [0.2, 0.25) is 0 Å². The summed E-state index contributed by atoms with van der Waals surface area (Å²) < 4.78 is 0. The molecule has 1 amide bonds. The van der Waals surface area contributed by atoms with E-state index in [1.807, 2.05) is 4.90 Å². The number of carbonyl (C=O) groups is 1. The van der Waals surface area contributed by atoms with Gasteiger partial charge in [-0.25, -0.2) is 0 Å². The average Bonchev–Trinajstić information content (AvgIpc) is 2.26. The van der Waals surface area contributed by atoms with Crippen LogP contribution in [-0.4, -0.2) is 46.9 Å². The number of hydrogen-bond acceptors (Lipinski definition) is 2. The van der Waals surface area contributed by atoms with Gasteiger partial charge >= 0.3 is 0 Å². The summed E-state index contributed by atoms with van der Waals surface area (Å²) in [6, 6.07) is 0.792. The second-order valence-corrected chi connectivity index (χ2v) is 6.06. The summed E-state index contributed by atoms with van der Waals surface area (Å²) in [5, 5.41) is 0. The minimum absolute atomic E-state index is 0.0597. The van der Waals surface area contributed by atoms with E-state index in [4.69, 9.17) is 0 Å². The highest BCUT2D eigenvalue weighted by molar-refractivity contribution is 5.87. The normalized spacial score (nSPS) is 26.1. The second kappa shape index (κ2) is 5.21. The minimum Gasteiger partial charge on any atom is -0.335 e. The molecule has 98 valence electrons. The molecule has 1 aliphatic heterocycles. The van der Waals surface area contributed by atoms with Gasteiger partial charge in [-0.3, -0.25) is 9.69 Å². The molecule has 0 bridgehead atoms. The van der Waals surface area contributed by atoms with Crippen molar-refractivity contribution in [2.45, 2.75) is 58.2 Å². The summed E-state index contributed by atoms with van der Waals surface area (Å²) in [5.74, 6) is 0.0597. The Morgan fingerprint density at radius 2 is 2.00 bits per heavy atom. The fourth-order valence-electron chi connectivity index (χ4n) is 2.38. The van der Waals surface area contributed by atoms with E-state index in [0.717, 1.165) is 19.4 Å². The lowest BCUT2D eigenvalue weighted by molar-refractivity contribution is -0.131. The summed E-state index contributed by atoms with van der Waals surface area (Å²) in [6.45, 7) is 13.2. The summed E-state index contributed by atoms with van der Waals surface area (Å²) in [7, 11) is 2.15. The van der Waals surface area contributed by atoms with Gasteiger partial charge < -0.3 is 4.90 Å². The zero-order valence-electron chi connectivity index (χ0n) is 11.9. The van der Waals surface area contributed by atoms with Gasteiger partial charge in [0, 0.05) is 24.2 Å². The molecule has 0 radical (unpaired) electrons. The van der Waals surface area contributed by atoms with Crippen molar-refractivity contribution in [3.05, 3.63) is 12.7 Å². The zero-order chi connectivity index (χ0) is 13.2. The highest BCUT2D eigenvalue weighted by Crippen LogP contribution is 2.25. The van der Waals surface area contributed by atoms with Crippen molar-refractivity contribution in [2.75, 3.05) is 13.6 Å². The maximum absolute atomic E-state index is 11.8. The van der Waals surface area contributed by atoms with Crippen molar-refractivity contribution >= 4 is 5.91 Å². The zero-order valence-corrected chi connectivity index (χ0v) is 11.9. The van der Waals surface area contributed by atoms with Gasteiger partial charge in [0.05, 0.1) is 0 Å². The third-order valence-electron chi connectivity index (χ3n) is 3.92. The molecular weight excluding hydrogens is 212 g/mol. The van der Waals surface area contributed by atoms with Crippen LogP contribution >= 0.6 is 0 Å². The van der Waals surface area contributed by atoms with Gasteiger partial charge in [0.15, 0.2) is 0 Å². The Morgan fingerprint density at radius 1 is 1.41 bits per heavy atom. The van der Waals surface area contributed by atoms with Crippen molar-refractivity contribution in [3.63, 3.8) is 0 Å². The van der Waals surface area contributed by atoms with Crippen LogP contribution < -0.4 is 0 Å². The van der Waals surface area contributed by atoms with E-state index in [1.165, 1.54) is 6.08 Å². The van der Waals surface area contributed by atoms with E-state index in [9.17, 15) is 4.79 Å². The number of hydrogen-bond donors (Lipinski definition) is 0. The Balaban J connectivity index is 2.73. The van der Waals surface area contributed by atoms with Crippen LogP contribution in [0.15, 0.2) is 12.7 Å². The summed E-state index contributed by atoms with van der Waals surface area (Å²) in [4.78, 5) is 16.1. The monoisotopic (exact) mass is 238 g/mol. The first-order chi connectivity index (χ1) is 7.77. The molecule has 0 aromatic heterocycles. The Hall–Kier alpha value is -0.830. The molecule has 0 spiro atoms. The van der Waals surface area contributed by atoms with Gasteiger partial charge in [0.2, 0.25) is 5.91 Å². The van der Waals surface area contributed by atoms with Crippen LogP contribution in [0, 0.1) is 0 Å². The number of nitrogens with zero attached hydrogens (tertiary/aromatic N) is 2. The smallest absolute Gasteiger partial charge is 0.246 e. The van der Waals surface area contributed by atoms with Gasteiger partial charge in [-0.15, -0.1) is 0 Å². The Labute approximate surface area is 105 Å². The minimum atomic E-state index is 0.0597. The molecule has 0 unspecified atom stereocenters. The van der Waals surface area contributed by atoms with Crippen LogP contribution in [0.1, 0.15) is 40.5 Å². The number of likely N-dealkylation sites (N-methyl/N-ethyl adjacent to an activating group) is 1. The predicted molar refractivity (Wildman–Crippen MR) is 71.9 cm³/mol. The second-order valence-electron chi connectivity index (χ2n) is 6.06. The predicted octanol–water partition coefficient (Wildman–Crippen LogP) is 2.28. The molecule has 1 heterocycles. The molecule has 0 aromatic carbocycles. The molecule has 1 fully saturated rings. The summed E-state index contributed by atoms with van der Waals surface area (Å²) in [5.41, 5.74) is 0.147. The third kappa shape index (κ3) is 3.32. The topological polar surface area (TPSA) is 23.6 Å². The first-order valence-corrected chi connectivity index (χ1v) is 6.43. The molecule has 1 saturated heterocycles. The Morgan fingerprint density at radius 3 is 2.47 bits per heavy atom. The van der Waals surface area contributed by atoms with Crippen molar-refractivity contribution < 1.29 is 4.79 Å². The Kier molecular flexibility index (Phi) is 4.36. The first kappa shape index (κ1) is 14.2. The van der Waals surface area contributed by atoms with Crippen molar-refractivity contribution in [2.24, 2.45) is 0 Å². The molecule has 1 rings (SSSR count). The lowest BCUT2D eigenvalue weighted by Crippen LogP contribution is -2.55. The fourth-order valence-corrected chi connectivity index (χ4v) is 2.38. The molecular formula is C14H26N2O. The van der Waals surface area contributed by atoms with Gasteiger partial charge in [-0.1, -0.05) is 6.58 Å². The number of amides is 1. The van der Waals surface area contributed by atoms with E-state index in [2.05, 4.69) is 46.2 Å². The van der Waals surface area contributed by atoms with Gasteiger partial charge in [0.1, 0.15) is 0 Å². The number of carbonyl (C=O) groups excluding carboxylic acids is 1. The van der Waals surface area contributed by atoms with Crippen molar-refractivity contribution in [3.8, 4) is 0 Å². The maximum Gasteiger partial charge on any atom is 0.246 e. The van der Waals surface area contributed by atoms with Crippen LogP contribution in [0.5, 0.6) is 0 Å². The van der Waals surface area contributed by atoms with Crippen LogP contribution in [-0.2, 0) is 4.79 Å². The van der Waals surface area contributed by atoms with Crippen molar-refractivity contribution in [1.82, 2.24) is 9.80 Å². The maximum atomic E-state index is 11.8. The van der Waals surface area contributed by atoms with E-state index in [-0.39, 0.29) is 11.4 Å². The van der Waals surface area contributed by atoms with E-state index in [1.54, 1.807) is 0 Å². The molecule has 0 aliphatic carbocycles. The summed E-state index contributed by atoms with van der Waals surface area (Å²) in [6.07, 6.45) is 3.66. The third-order valence-corrected chi connectivity index (χ3v) is 3.92. The molecule has 1 aliphatic rings. The number of likely N-dealkylation sites (tertiary alicyclic amines) is 1. The van der Waals surface area contributed by atoms with E-state index in [0.29, 0.717) is 12.1 Å². The van der Waals surface area contributed by atoms with E-state index >= 15 is 0 Å². The molecule has 0 aromatic rings. The van der Waals surface area contributed by atoms with E-state index < -0.39 is 0 Å². The fraction of sp³-hybridized carbons (Fsp3) is 0.786. The number of rotatable bonds is 2. The largest absolute Gasteiger partial charge is 0.335 e. The van der Waals surface area contributed by atoms with Gasteiger partial charge in [-0.05, 0) is 53.7 Å².